The normalized spacial score (nSPS) is 15.8. The van der Waals surface area contributed by atoms with Gasteiger partial charge in [0.2, 0.25) is 0 Å². The first-order valence-electron chi connectivity index (χ1n) is 7.93. The summed E-state index contributed by atoms with van der Waals surface area (Å²) in [6, 6.07) is 9.15. The van der Waals surface area contributed by atoms with E-state index in [0.29, 0.717) is 29.7 Å². The third-order valence-electron chi connectivity index (χ3n) is 4.43. The summed E-state index contributed by atoms with van der Waals surface area (Å²) in [4.78, 5) is 18.5. The van der Waals surface area contributed by atoms with Crippen molar-refractivity contribution in [3.05, 3.63) is 59.3 Å². The number of nitrogens with zero attached hydrogens (tertiary/aromatic N) is 5. The van der Waals surface area contributed by atoms with Gasteiger partial charge in [0.05, 0.1) is 0 Å². The van der Waals surface area contributed by atoms with Crippen LogP contribution in [-0.4, -0.2) is 43.5 Å². The Kier molecular flexibility index (Phi) is 3.90. The minimum Gasteiger partial charge on any atom is -0.337 e. The summed E-state index contributed by atoms with van der Waals surface area (Å²) in [5.74, 6) is 1.21. The predicted molar refractivity (Wildman–Crippen MR) is 90.1 cm³/mol. The van der Waals surface area contributed by atoms with Gasteiger partial charge in [-0.2, -0.15) is 0 Å². The van der Waals surface area contributed by atoms with E-state index in [1.54, 1.807) is 18.3 Å². The molecule has 1 fully saturated rings. The third-order valence-corrected chi connectivity index (χ3v) is 4.66. The Morgan fingerprint density at radius 2 is 2.00 bits per heavy atom. The van der Waals surface area contributed by atoms with Crippen molar-refractivity contribution in [3.63, 3.8) is 0 Å². The zero-order chi connectivity index (χ0) is 16.5. The molecule has 0 N–H and O–H groups in total. The lowest BCUT2D eigenvalue weighted by molar-refractivity contribution is 0.0705. The molecule has 0 bridgehead atoms. The van der Waals surface area contributed by atoms with Gasteiger partial charge in [-0.05, 0) is 37.1 Å². The highest BCUT2D eigenvalue weighted by molar-refractivity contribution is 6.30. The summed E-state index contributed by atoms with van der Waals surface area (Å²) in [6.45, 7) is 1.36. The molecule has 1 aliphatic heterocycles. The van der Waals surface area contributed by atoms with Gasteiger partial charge in [-0.1, -0.05) is 17.7 Å². The summed E-state index contributed by atoms with van der Waals surface area (Å²) in [7, 11) is 0. The van der Waals surface area contributed by atoms with Crippen LogP contribution in [0, 0.1) is 0 Å². The van der Waals surface area contributed by atoms with E-state index in [2.05, 4.69) is 15.2 Å². The van der Waals surface area contributed by atoms with Gasteiger partial charge in [-0.15, -0.1) is 10.2 Å². The van der Waals surface area contributed by atoms with Crippen LogP contribution in [0.4, 0.5) is 0 Å². The lowest BCUT2D eigenvalue weighted by Gasteiger charge is -2.31. The van der Waals surface area contributed by atoms with Crippen LogP contribution < -0.4 is 0 Å². The van der Waals surface area contributed by atoms with E-state index in [1.165, 1.54) is 0 Å². The van der Waals surface area contributed by atoms with E-state index in [-0.39, 0.29) is 5.91 Å². The maximum atomic E-state index is 12.5. The third kappa shape index (κ3) is 2.73. The highest BCUT2D eigenvalue weighted by atomic mass is 35.5. The summed E-state index contributed by atoms with van der Waals surface area (Å²) in [6.07, 6.45) is 5.27. The number of rotatable bonds is 2. The molecular weight excluding hydrogens is 326 g/mol. The van der Waals surface area contributed by atoms with Crippen molar-refractivity contribution in [2.75, 3.05) is 13.1 Å². The molecule has 1 aliphatic rings. The first-order valence-corrected chi connectivity index (χ1v) is 8.30. The van der Waals surface area contributed by atoms with Crippen molar-refractivity contribution in [3.8, 4) is 0 Å². The number of halogens is 1. The van der Waals surface area contributed by atoms with Crippen LogP contribution in [0.15, 0.2) is 42.7 Å². The average Bonchev–Trinajstić information content (AvgIpc) is 3.05. The Hall–Kier alpha value is -2.47. The molecule has 3 aromatic rings. The molecule has 7 heteroatoms. The molecule has 0 saturated carbocycles. The van der Waals surface area contributed by atoms with Gasteiger partial charge in [-0.25, -0.2) is 0 Å². The van der Waals surface area contributed by atoms with E-state index in [4.69, 9.17) is 11.6 Å². The van der Waals surface area contributed by atoms with Crippen molar-refractivity contribution in [2.24, 2.45) is 0 Å². The largest absolute Gasteiger partial charge is 0.337 e. The van der Waals surface area contributed by atoms with Gasteiger partial charge < -0.3 is 4.90 Å². The molecule has 0 aromatic carbocycles. The number of hydrogen-bond donors (Lipinski definition) is 0. The van der Waals surface area contributed by atoms with Crippen molar-refractivity contribution in [1.82, 2.24) is 24.5 Å². The maximum absolute atomic E-state index is 12.5. The van der Waals surface area contributed by atoms with E-state index in [1.807, 2.05) is 33.7 Å². The molecule has 122 valence electrons. The van der Waals surface area contributed by atoms with Crippen LogP contribution in [-0.2, 0) is 0 Å². The van der Waals surface area contributed by atoms with Crippen LogP contribution in [0.3, 0.4) is 0 Å². The second kappa shape index (κ2) is 6.20. The molecule has 6 nitrogen and oxygen atoms in total. The average molecular weight is 342 g/mol. The topological polar surface area (TPSA) is 63.4 Å². The molecular formula is C17H16ClN5O. The van der Waals surface area contributed by atoms with Crippen molar-refractivity contribution < 1.29 is 4.79 Å². The van der Waals surface area contributed by atoms with Gasteiger partial charge in [-0.3, -0.25) is 14.2 Å². The molecule has 4 heterocycles. The highest BCUT2D eigenvalue weighted by Crippen LogP contribution is 2.27. The summed E-state index contributed by atoms with van der Waals surface area (Å²) < 4.78 is 2.03. The lowest BCUT2D eigenvalue weighted by Crippen LogP contribution is -2.38. The Bertz CT molecular complexity index is 885. The maximum Gasteiger partial charge on any atom is 0.272 e. The molecule has 3 aromatic heterocycles. The lowest BCUT2D eigenvalue weighted by atomic mass is 9.95. The fraction of sp³-hybridized carbons (Fsp3) is 0.294. The number of fused-ring (bicyclic) bond motifs is 1. The second-order valence-corrected chi connectivity index (χ2v) is 6.35. The zero-order valence-corrected chi connectivity index (χ0v) is 13.7. The Morgan fingerprint density at radius 3 is 2.79 bits per heavy atom. The number of pyridine rings is 2. The standard InChI is InChI=1S/C17H16ClN5O/c18-13-4-7-19-14(11-13)17(24)22-9-5-12(6-10-22)16-21-20-15-3-1-2-8-23(15)16/h1-4,7-8,11-12H,5-6,9-10H2. The molecule has 1 amide bonds. The van der Waals surface area contributed by atoms with Crippen LogP contribution in [0.25, 0.3) is 5.65 Å². The summed E-state index contributed by atoms with van der Waals surface area (Å²) in [5.41, 5.74) is 1.25. The molecule has 24 heavy (non-hydrogen) atoms. The van der Waals surface area contributed by atoms with Gasteiger partial charge in [0, 0.05) is 36.4 Å². The highest BCUT2D eigenvalue weighted by Gasteiger charge is 2.27. The number of carbonyl (C=O) groups excluding carboxylic acids is 1. The predicted octanol–water partition coefficient (Wildman–Crippen LogP) is 2.80. The first kappa shape index (κ1) is 15.1. The number of aromatic nitrogens is 4. The number of carbonyl (C=O) groups is 1. The van der Waals surface area contributed by atoms with Gasteiger partial charge in [0.25, 0.3) is 5.91 Å². The fourth-order valence-corrected chi connectivity index (χ4v) is 3.32. The summed E-state index contributed by atoms with van der Waals surface area (Å²) in [5, 5.41) is 9.08. The minimum atomic E-state index is -0.0675. The first-order chi connectivity index (χ1) is 11.7. The molecule has 0 unspecified atom stereocenters. The molecule has 0 aliphatic carbocycles. The van der Waals surface area contributed by atoms with Crippen LogP contribution in [0.5, 0.6) is 0 Å². The van der Waals surface area contributed by atoms with Crippen LogP contribution >= 0.6 is 11.6 Å². The number of hydrogen-bond acceptors (Lipinski definition) is 4. The minimum absolute atomic E-state index is 0.0675. The number of amides is 1. The van der Waals surface area contributed by atoms with Gasteiger partial charge in [0.15, 0.2) is 5.65 Å². The van der Waals surface area contributed by atoms with E-state index in [9.17, 15) is 4.79 Å². The smallest absolute Gasteiger partial charge is 0.272 e. The molecule has 1 saturated heterocycles. The number of likely N-dealkylation sites (tertiary alicyclic amines) is 1. The van der Waals surface area contributed by atoms with Crippen molar-refractivity contribution in [1.29, 1.82) is 0 Å². The zero-order valence-electron chi connectivity index (χ0n) is 13.0. The fourth-order valence-electron chi connectivity index (χ4n) is 3.16. The summed E-state index contributed by atoms with van der Waals surface area (Å²) >= 11 is 5.95. The van der Waals surface area contributed by atoms with E-state index < -0.39 is 0 Å². The second-order valence-electron chi connectivity index (χ2n) is 5.91. The number of piperidine rings is 1. The van der Waals surface area contributed by atoms with Crippen molar-refractivity contribution >= 4 is 23.2 Å². The Labute approximate surface area is 144 Å². The molecule has 4 rings (SSSR count). The Balaban J connectivity index is 1.48. The van der Waals surface area contributed by atoms with Gasteiger partial charge >= 0.3 is 0 Å². The van der Waals surface area contributed by atoms with E-state index in [0.717, 1.165) is 24.3 Å². The van der Waals surface area contributed by atoms with Crippen LogP contribution in [0.1, 0.15) is 35.1 Å². The van der Waals surface area contributed by atoms with Crippen molar-refractivity contribution in [2.45, 2.75) is 18.8 Å². The molecule has 0 spiro atoms. The SMILES string of the molecule is O=C(c1cc(Cl)ccn1)N1CCC(c2nnc3ccccn23)CC1. The quantitative estimate of drug-likeness (QED) is 0.719. The van der Waals surface area contributed by atoms with E-state index >= 15 is 0 Å². The Morgan fingerprint density at radius 1 is 1.17 bits per heavy atom. The monoisotopic (exact) mass is 341 g/mol. The van der Waals surface area contributed by atoms with Gasteiger partial charge in [0.1, 0.15) is 11.5 Å². The molecule has 0 atom stereocenters. The van der Waals surface area contributed by atoms with Crippen LogP contribution in [0.2, 0.25) is 5.02 Å². The molecule has 0 radical (unpaired) electrons.